The topological polar surface area (TPSA) is 79.5 Å². The number of aryl methyl sites for hydroxylation is 1. The van der Waals surface area contributed by atoms with Crippen molar-refractivity contribution in [1.82, 2.24) is 9.78 Å². The number of aliphatic hydroxyl groups is 2. The number of benzene rings is 2. The van der Waals surface area contributed by atoms with Crippen LogP contribution in [0.3, 0.4) is 0 Å². The number of anilines is 2. The highest BCUT2D eigenvalue weighted by Gasteiger charge is 2.19. The maximum absolute atomic E-state index is 9.70. The molecule has 1 aromatic heterocycles. The van der Waals surface area contributed by atoms with Crippen LogP contribution in [0.2, 0.25) is 5.02 Å². The van der Waals surface area contributed by atoms with Crippen molar-refractivity contribution in [3.8, 4) is 0 Å². The van der Waals surface area contributed by atoms with E-state index >= 15 is 0 Å². The molecule has 138 valence electrons. The van der Waals surface area contributed by atoms with E-state index in [-0.39, 0.29) is 5.69 Å². The highest BCUT2D eigenvalue weighted by Crippen LogP contribution is 2.34. The minimum atomic E-state index is -1.68. The van der Waals surface area contributed by atoms with Crippen LogP contribution >= 0.6 is 11.6 Å². The van der Waals surface area contributed by atoms with Crippen molar-refractivity contribution < 1.29 is 14.9 Å². The second kappa shape index (κ2) is 8.05. The van der Waals surface area contributed by atoms with E-state index in [1.54, 1.807) is 16.8 Å². The lowest BCUT2D eigenvalue weighted by atomic mass is 10.1. The zero-order chi connectivity index (χ0) is 18.7. The number of ether oxygens (including phenoxy) is 1. The summed E-state index contributed by atoms with van der Waals surface area (Å²) in [6.07, 6.45) is -1.68. The van der Waals surface area contributed by atoms with E-state index in [0.717, 1.165) is 22.5 Å². The molecule has 0 aliphatic rings. The zero-order valence-electron chi connectivity index (χ0n) is 14.7. The summed E-state index contributed by atoms with van der Waals surface area (Å²) in [4.78, 5) is 0. The fourth-order valence-electron chi connectivity index (χ4n) is 2.93. The first-order valence-corrected chi connectivity index (χ1v) is 8.85. The third-order valence-corrected chi connectivity index (χ3v) is 4.25. The summed E-state index contributed by atoms with van der Waals surface area (Å²) < 4.78 is 7.14. The van der Waals surface area contributed by atoms with Crippen molar-refractivity contribution in [2.75, 3.05) is 18.5 Å². The lowest BCUT2D eigenvalue weighted by Crippen LogP contribution is -2.09. The van der Waals surface area contributed by atoms with E-state index < -0.39 is 6.29 Å². The Morgan fingerprint density at radius 3 is 2.77 bits per heavy atom. The smallest absolute Gasteiger partial charge is 0.198 e. The lowest BCUT2D eigenvalue weighted by Gasteiger charge is -2.12. The van der Waals surface area contributed by atoms with Crippen molar-refractivity contribution in [1.29, 1.82) is 0 Å². The van der Waals surface area contributed by atoms with Crippen LogP contribution in [0.15, 0.2) is 36.4 Å². The predicted octanol–water partition coefficient (Wildman–Crippen LogP) is 3.76. The van der Waals surface area contributed by atoms with Gasteiger partial charge in [-0.15, -0.1) is 0 Å². The summed E-state index contributed by atoms with van der Waals surface area (Å²) in [5.74, 6) is 0. The Balaban J connectivity index is 2.11. The molecular formula is C19H22ClN3O3. The molecular weight excluding hydrogens is 354 g/mol. The normalized spacial score (nSPS) is 11.5. The molecule has 0 amide bonds. The van der Waals surface area contributed by atoms with Crippen LogP contribution < -0.4 is 5.32 Å². The second-order valence-electron chi connectivity index (χ2n) is 6.02. The lowest BCUT2D eigenvalue weighted by molar-refractivity contribution is -0.0452. The van der Waals surface area contributed by atoms with E-state index in [1.165, 1.54) is 0 Å². The molecule has 0 bridgehead atoms. The standard InChI is InChI=1S/C19H22ClN3O3/c1-3-26-8-7-23-18-15(17(22-23)19(24)25)10-13(20)11-16(18)21-14-6-4-5-12(2)9-14/h4-6,9-11,19,21,24-25H,3,7-8H2,1-2H3. The van der Waals surface area contributed by atoms with Crippen molar-refractivity contribution >= 4 is 33.9 Å². The molecule has 0 unspecified atom stereocenters. The van der Waals surface area contributed by atoms with Crippen molar-refractivity contribution in [2.45, 2.75) is 26.7 Å². The summed E-state index contributed by atoms with van der Waals surface area (Å²) in [6.45, 7) is 5.51. The average molecular weight is 376 g/mol. The van der Waals surface area contributed by atoms with Gasteiger partial charge in [-0.1, -0.05) is 23.7 Å². The van der Waals surface area contributed by atoms with E-state index in [1.807, 2.05) is 38.1 Å². The van der Waals surface area contributed by atoms with Crippen molar-refractivity contribution in [3.63, 3.8) is 0 Å². The Morgan fingerprint density at radius 2 is 2.08 bits per heavy atom. The molecule has 7 heteroatoms. The van der Waals surface area contributed by atoms with Crippen molar-refractivity contribution in [2.24, 2.45) is 0 Å². The SMILES string of the molecule is CCOCCn1nc(C(O)O)c2cc(Cl)cc(Nc3cccc(C)c3)c21. The van der Waals surface area contributed by atoms with E-state index in [2.05, 4.69) is 10.4 Å². The molecule has 0 fully saturated rings. The van der Waals surface area contributed by atoms with Crippen LogP contribution in [-0.4, -0.2) is 33.2 Å². The number of hydrogen-bond acceptors (Lipinski definition) is 5. The number of fused-ring (bicyclic) bond motifs is 1. The fraction of sp³-hybridized carbons (Fsp3) is 0.316. The van der Waals surface area contributed by atoms with Gasteiger partial charge in [0.2, 0.25) is 0 Å². The van der Waals surface area contributed by atoms with E-state index in [4.69, 9.17) is 16.3 Å². The van der Waals surface area contributed by atoms with Gasteiger partial charge in [0.25, 0.3) is 0 Å². The molecule has 0 atom stereocenters. The van der Waals surface area contributed by atoms with Gasteiger partial charge < -0.3 is 20.3 Å². The molecule has 0 saturated carbocycles. The Kier molecular flexibility index (Phi) is 5.78. The highest BCUT2D eigenvalue weighted by atomic mass is 35.5. The molecule has 3 rings (SSSR count). The van der Waals surface area contributed by atoms with Crippen LogP contribution in [0.25, 0.3) is 10.9 Å². The van der Waals surface area contributed by atoms with Gasteiger partial charge >= 0.3 is 0 Å². The van der Waals surface area contributed by atoms with Gasteiger partial charge in [-0.05, 0) is 43.7 Å². The van der Waals surface area contributed by atoms with Crippen LogP contribution in [0.5, 0.6) is 0 Å². The minimum absolute atomic E-state index is 0.172. The molecule has 3 aromatic rings. The molecule has 3 N–H and O–H groups in total. The number of nitrogens with one attached hydrogen (secondary N) is 1. The maximum Gasteiger partial charge on any atom is 0.198 e. The summed E-state index contributed by atoms with van der Waals surface area (Å²) in [5.41, 5.74) is 3.71. The van der Waals surface area contributed by atoms with E-state index in [0.29, 0.717) is 30.2 Å². The van der Waals surface area contributed by atoms with Gasteiger partial charge in [-0.2, -0.15) is 5.10 Å². The second-order valence-corrected chi connectivity index (χ2v) is 6.46. The summed E-state index contributed by atoms with van der Waals surface area (Å²) in [7, 11) is 0. The van der Waals surface area contributed by atoms with Crippen LogP contribution in [-0.2, 0) is 11.3 Å². The Labute approximate surface area is 157 Å². The number of aromatic nitrogens is 2. The number of nitrogens with zero attached hydrogens (tertiary/aromatic N) is 2. The first-order chi connectivity index (χ1) is 12.5. The molecule has 6 nitrogen and oxygen atoms in total. The Morgan fingerprint density at radius 1 is 1.27 bits per heavy atom. The largest absolute Gasteiger partial charge is 0.380 e. The molecule has 0 saturated heterocycles. The summed E-state index contributed by atoms with van der Waals surface area (Å²) in [5, 5.41) is 28.2. The number of rotatable bonds is 7. The molecule has 0 radical (unpaired) electrons. The molecule has 26 heavy (non-hydrogen) atoms. The third kappa shape index (κ3) is 3.99. The van der Waals surface area contributed by atoms with Gasteiger partial charge in [-0.25, -0.2) is 0 Å². The van der Waals surface area contributed by atoms with E-state index in [9.17, 15) is 10.2 Å². The minimum Gasteiger partial charge on any atom is -0.380 e. The monoisotopic (exact) mass is 375 g/mol. The van der Waals surface area contributed by atoms with Gasteiger partial charge in [0, 0.05) is 22.7 Å². The summed E-state index contributed by atoms with van der Waals surface area (Å²) >= 11 is 6.27. The molecule has 2 aromatic carbocycles. The van der Waals surface area contributed by atoms with Crippen LogP contribution in [0.4, 0.5) is 11.4 Å². The Hall–Kier alpha value is -2.12. The molecule has 0 aliphatic carbocycles. The highest BCUT2D eigenvalue weighted by molar-refractivity contribution is 6.32. The molecule has 1 heterocycles. The molecule has 0 spiro atoms. The summed E-state index contributed by atoms with van der Waals surface area (Å²) in [6, 6.07) is 11.5. The fourth-order valence-corrected chi connectivity index (χ4v) is 3.15. The van der Waals surface area contributed by atoms with Gasteiger partial charge in [-0.3, -0.25) is 4.68 Å². The quantitative estimate of drug-likeness (QED) is 0.433. The third-order valence-electron chi connectivity index (χ3n) is 4.03. The Bertz CT molecular complexity index is 908. The zero-order valence-corrected chi connectivity index (χ0v) is 15.5. The van der Waals surface area contributed by atoms with Gasteiger partial charge in [0.05, 0.1) is 24.4 Å². The van der Waals surface area contributed by atoms with Gasteiger partial charge in [0.1, 0.15) is 5.69 Å². The predicted molar refractivity (Wildman–Crippen MR) is 103 cm³/mol. The van der Waals surface area contributed by atoms with Crippen molar-refractivity contribution in [3.05, 3.63) is 52.7 Å². The first-order valence-electron chi connectivity index (χ1n) is 8.47. The van der Waals surface area contributed by atoms with Crippen LogP contribution in [0, 0.1) is 6.92 Å². The maximum atomic E-state index is 9.70. The van der Waals surface area contributed by atoms with Gasteiger partial charge in [0.15, 0.2) is 6.29 Å². The average Bonchev–Trinajstić information content (AvgIpc) is 2.94. The number of halogens is 1. The van der Waals surface area contributed by atoms with Crippen LogP contribution in [0.1, 0.15) is 24.5 Å². The number of aliphatic hydroxyl groups excluding tert-OH is 1. The molecule has 0 aliphatic heterocycles. The first kappa shape index (κ1) is 18.7. The number of hydrogen-bond donors (Lipinski definition) is 3.